The highest BCUT2D eigenvalue weighted by Gasteiger charge is 2.11. The SMILES string of the molecule is Cl.O=NN1CCCN(Cc2ccc(CN3CCCNCCNCCCNCC3)cc2)CCNCCCNCC1. The second-order valence-electron chi connectivity index (χ2n) is 10.6. The third-order valence-electron chi connectivity index (χ3n) is 7.32. The monoisotopic (exact) mass is 567 g/mol. The first-order valence-corrected chi connectivity index (χ1v) is 15.0. The van der Waals surface area contributed by atoms with Crippen LogP contribution in [0.2, 0.25) is 0 Å². The van der Waals surface area contributed by atoms with Crippen molar-refractivity contribution < 1.29 is 0 Å². The van der Waals surface area contributed by atoms with E-state index in [-0.39, 0.29) is 12.4 Å². The van der Waals surface area contributed by atoms with Gasteiger partial charge in [-0.15, -0.1) is 17.3 Å². The van der Waals surface area contributed by atoms with Crippen LogP contribution >= 0.6 is 12.4 Å². The van der Waals surface area contributed by atoms with Crippen LogP contribution in [0.5, 0.6) is 0 Å². The fourth-order valence-corrected chi connectivity index (χ4v) is 5.07. The van der Waals surface area contributed by atoms with Crippen molar-refractivity contribution in [3.8, 4) is 0 Å². The van der Waals surface area contributed by atoms with Crippen LogP contribution in [-0.2, 0) is 13.1 Å². The second-order valence-corrected chi connectivity index (χ2v) is 10.6. The van der Waals surface area contributed by atoms with Gasteiger partial charge in [0, 0.05) is 72.0 Å². The minimum atomic E-state index is 0. The summed E-state index contributed by atoms with van der Waals surface area (Å²) in [5.41, 5.74) is 2.74. The van der Waals surface area contributed by atoms with Crippen LogP contribution in [0.15, 0.2) is 29.6 Å². The van der Waals surface area contributed by atoms with E-state index in [1.54, 1.807) is 5.01 Å². The van der Waals surface area contributed by atoms with E-state index in [2.05, 4.69) is 65.9 Å². The number of benzene rings is 1. The van der Waals surface area contributed by atoms with Crippen LogP contribution < -0.4 is 26.6 Å². The Hall–Kier alpha value is -1.37. The Balaban J connectivity index is 0.00000533. The van der Waals surface area contributed by atoms with Crippen molar-refractivity contribution >= 4 is 12.4 Å². The molecule has 0 saturated carbocycles. The lowest BCUT2D eigenvalue weighted by Gasteiger charge is -2.25. The first kappa shape index (κ1) is 33.8. The molecule has 0 amide bonds. The van der Waals surface area contributed by atoms with E-state index >= 15 is 0 Å². The molecule has 2 aliphatic rings. The molecule has 11 heteroatoms. The quantitative estimate of drug-likeness (QED) is 0.336. The Labute approximate surface area is 242 Å². The smallest absolute Gasteiger partial charge is 0.0524 e. The van der Waals surface area contributed by atoms with Gasteiger partial charge in [0.05, 0.1) is 11.8 Å². The number of hydrogen-bond acceptors (Lipinski definition) is 9. The van der Waals surface area contributed by atoms with E-state index < -0.39 is 0 Å². The molecule has 0 unspecified atom stereocenters. The molecular formula is C28H54ClN9O. The Morgan fingerprint density at radius 1 is 0.513 bits per heavy atom. The normalized spacial score (nSPS) is 21.7. The zero-order valence-corrected chi connectivity index (χ0v) is 24.8. The maximum Gasteiger partial charge on any atom is 0.0524 e. The van der Waals surface area contributed by atoms with Gasteiger partial charge in [0.2, 0.25) is 0 Å². The van der Waals surface area contributed by atoms with Crippen LogP contribution in [-0.4, -0.2) is 120 Å². The van der Waals surface area contributed by atoms with Gasteiger partial charge in [-0.25, -0.2) is 0 Å². The zero-order chi connectivity index (χ0) is 26.5. The molecule has 0 bridgehead atoms. The van der Waals surface area contributed by atoms with Gasteiger partial charge in [-0.3, -0.25) is 14.8 Å². The molecule has 2 fully saturated rings. The zero-order valence-electron chi connectivity index (χ0n) is 24.0. The van der Waals surface area contributed by atoms with Crippen LogP contribution in [0.25, 0.3) is 0 Å². The number of nitrogens with zero attached hydrogens (tertiary/aromatic N) is 4. The summed E-state index contributed by atoms with van der Waals surface area (Å²) in [6, 6.07) is 9.23. The molecule has 1 aromatic carbocycles. The van der Waals surface area contributed by atoms with Gasteiger partial charge in [0.1, 0.15) is 0 Å². The third-order valence-corrected chi connectivity index (χ3v) is 7.32. The lowest BCUT2D eigenvalue weighted by Crippen LogP contribution is -2.37. The van der Waals surface area contributed by atoms with Gasteiger partial charge in [0.15, 0.2) is 0 Å². The highest BCUT2D eigenvalue weighted by molar-refractivity contribution is 5.85. The van der Waals surface area contributed by atoms with E-state index in [1.165, 1.54) is 24.0 Å². The predicted molar refractivity (Wildman–Crippen MR) is 164 cm³/mol. The molecule has 0 spiro atoms. The second kappa shape index (κ2) is 22.3. The molecule has 10 nitrogen and oxygen atoms in total. The van der Waals surface area contributed by atoms with Crippen LogP contribution in [0.3, 0.4) is 0 Å². The first-order valence-electron chi connectivity index (χ1n) is 15.0. The average Bonchev–Trinajstić information content (AvgIpc) is 2.93. The van der Waals surface area contributed by atoms with Crippen molar-refractivity contribution in [1.29, 1.82) is 0 Å². The van der Waals surface area contributed by atoms with Gasteiger partial charge in [-0.05, 0) is 76.1 Å². The van der Waals surface area contributed by atoms with Crippen LogP contribution in [0, 0.1) is 4.91 Å². The Morgan fingerprint density at radius 2 is 0.949 bits per heavy atom. The largest absolute Gasteiger partial charge is 0.315 e. The predicted octanol–water partition coefficient (Wildman–Crippen LogP) is 1.23. The molecule has 0 aliphatic carbocycles. The molecule has 5 N–H and O–H groups in total. The summed E-state index contributed by atoms with van der Waals surface area (Å²) in [5, 5.41) is 22.5. The molecule has 0 radical (unpaired) electrons. The fourth-order valence-electron chi connectivity index (χ4n) is 5.07. The molecule has 0 aromatic heterocycles. The Bertz CT molecular complexity index is 713. The minimum Gasteiger partial charge on any atom is -0.315 e. The van der Waals surface area contributed by atoms with Gasteiger partial charge < -0.3 is 26.6 Å². The maximum atomic E-state index is 11.2. The van der Waals surface area contributed by atoms with Crippen molar-refractivity contribution in [3.63, 3.8) is 0 Å². The van der Waals surface area contributed by atoms with E-state index in [9.17, 15) is 4.91 Å². The van der Waals surface area contributed by atoms with Crippen LogP contribution in [0.1, 0.15) is 36.8 Å². The molecule has 0 atom stereocenters. The maximum absolute atomic E-state index is 11.2. The standard InChI is InChI=1S/C28H53N9O.ClH/c38-34-37-21-4-20-36(23-17-32-11-2-12-33-18-24-37)26-28-7-5-27(6-8-28)25-35-19-3-13-30-15-14-29-9-1-10-31-16-22-35;/h5-8,29-33H,1-4,9-26H2;1H. The van der Waals surface area contributed by atoms with E-state index in [4.69, 9.17) is 0 Å². The van der Waals surface area contributed by atoms with Crippen molar-refractivity contribution in [2.24, 2.45) is 5.29 Å². The molecule has 3 rings (SSSR count). The molecule has 2 saturated heterocycles. The van der Waals surface area contributed by atoms with Crippen molar-refractivity contribution in [3.05, 3.63) is 40.3 Å². The summed E-state index contributed by atoms with van der Waals surface area (Å²) in [6.45, 7) is 17.7. The number of rotatable bonds is 5. The summed E-state index contributed by atoms with van der Waals surface area (Å²) in [4.78, 5) is 16.3. The van der Waals surface area contributed by atoms with Gasteiger partial charge in [-0.2, -0.15) is 0 Å². The van der Waals surface area contributed by atoms with Gasteiger partial charge in [-0.1, -0.05) is 24.3 Å². The number of hydrogen-bond donors (Lipinski definition) is 5. The number of nitroso groups, excluding NO2 is 1. The Morgan fingerprint density at radius 3 is 1.46 bits per heavy atom. The topological polar surface area (TPSA) is 99.3 Å². The minimum absolute atomic E-state index is 0. The third kappa shape index (κ3) is 15.9. The van der Waals surface area contributed by atoms with E-state index in [1.807, 2.05) is 0 Å². The first-order chi connectivity index (χ1) is 18.8. The Kier molecular flexibility index (Phi) is 19.4. The summed E-state index contributed by atoms with van der Waals surface area (Å²) in [5.74, 6) is 0. The highest BCUT2D eigenvalue weighted by atomic mass is 35.5. The number of halogens is 1. The van der Waals surface area contributed by atoms with E-state index in [0.717, 1.165) is 118 Å². The van der Waals surface area contributed by atoms with Gasteiger partial charge >= 0.3 is 0 Å². The lowest BCUT2D eigenvalue weighted by atomic mass is 10.1. The van der Waals surface area contributed by atoms with Crippen molar-refractivity contribution in [2.45, 2.75) is 38.8 Å². The summed E-state index contributed by atoms with van der Waals surface area (Å²) < 4.78 is 0. The molecule has 224 valence electrons. The van der Waals surface area contributed by atoms with Crippen molar-refractivity contribution in [1.82, 2.24) is 41.4 Å². The highest BCUT2D eigenvalue weighted by Crippen LogP contribution is 2.11. The molecule has 2 aliphatic heterocycles. The lowest BCUT2D eigenvalue weighted by molar-refractivity contribution is 0.222. The molecule has 2 heterocycles. The van der Waals surface area contributed by atoms with Crippen LogP contribution in [0.4, 0.5) is 0 Å². The summed E-state index contributed by atoms with van der Waals surface area (Å²) in [6.07, 6.45) is 4.39. The number of nitrogens with one attached hydrogen (secondary N) is 5. The average molecular weight is 568 g/mol. The molecule has 39 heavy (non-hydrogen) atoms. The van der Waals surface area contributed by atoms with E-state index in [0.29, 0.717) is 13.1 Å². The fraction of sp³-hybridized carbons (Fsp3) is 0.786. The van der Waals surface area contributed by atoms with Gasteiger partial charge in [0.25, 0.3) is 0 Å². The molecular weight excluding hydrogens is 514 g/mol. The molecule has 1 aromatic rings. The summed E-state index contributed by atoms with van der Waals surface area (Å²) >= 11 is 0. The summed E-state index contributed by atoms with van der Waals surface area (Å²) in [7, 11) is 0. The van der Waals surface area contributed by atoms with Crippen molar-refractivity contribution in [2.75, 3.05) is 105 Å².